The normalized spacial score (nSPS) is 12.9. The maximum Gasteiger partial charge on any atom is -0.0288 e. The van der Waals surface area contributed by atoms with E-state index in [1.807, 2.05) is 6.08 Å². The van der Waals surface area contributed by atoms with E-state index in [0.29, 0.717) is 0 Å². The topological polar surface area (TPSA) is 0 Å². The van der Waals surface area contributed by atoms with Gasteiger partial charge < -0.3 is 0 Å². The summed E-state index contributed by atoms with van der Waals surface area (Å²) in [7, 11) is 0. The Morgan fingerprint density at radius 3 is 1.93 bits per heavy atom. The van der Waals surface area contributed by atoms with Gasteiger partial charge in [0.05, 0.1) is 0 Å². The molecule has 0 bridgehead atoms. The molecular weight excluding hydrogens is 180 g/mol. The number of hydrogen-bond donors (Lipinski definition) is 0. The quantitative estimate of drug-likeness (QED) is 0.520. The lowest BCUT2D eigenvalue weighted by Crippen LogP contribution is -1.80. The van der Waals surface area contributed by atoms with E-state index in [-0.39, 0.29) is 0 Å². The zero-order valence-electron chi connectivity index (χ0n) is 10.8. The highest BCUT2D eigenvalue weighted by molar-refractivity contribution is 5.05. The summed E-state index contributed by atoms with van der Waals surface area (Å²) >= 11 is 0. The van der Waals surface area contributed by atoms with Gasteiger partial charge in [0.15, 0.2) is 0 Å². The van der Waals surface area contributed by atoms with E-state index in [0.717, 1.165) is 12.8 Å². The largest absolute Gasteiger partial charge is 0.0856 e. The van der Waals surface area contributed by atoms with Gasteiger partial charge >= 0.3 is 0 Å². The molecule has 0 fully saturated rings. The van der Waals surface area contributed by atoms with E-state index in [1.165, 1.54) is 29.6 Å². The second-order valence-electron chi connectivity index (χ2n) is 4.46. The van der Waals surface area contributed by atoms with Gasteiger partial charge in [0.2, 0.25) is 0 Å². The Hall–Kier alpha value is -0.780. The lowest BCUT2D eigenvalue weighted by molar-refractivity contribution is 0.918. The minimum Gasteiger partial charge on any atom is -0.0856 e. The third-order valence-electron chi connectivity index (χ3n) is 2.47. The highest BCUT2D eigenvalue weighted by atomic mass is 14.0. The van der Waals surface area contributed by atoms with Crippen molar-refractivity contribution in [2.75, 3.05) is 0 Å². The van der Waals surface area contributed by atoms with Crippen molar-refractivity contribution in [3.8, 4) is 0 Å². The molecule has 0 aliphatic rings. The van der Waals surface area contributed by atoms with Crippen LogP contribution >= 0.6 is 0 Å². The molecule has 0 aliphatic carbocycles. The fourth-order valence-electron chi connectivity index (χ4n) is 1.34. The van der Waals surface area contributed by atoms with Gasteiger partial charge in [-0.2, -0.15) is 0 Å². The van der Waals surface area contributed by atoms with Gasteiger partial charge in [0.25, 0.3) is 0 Å². The molecule has 0 aromatic carbocycles. The molecule has 0 amide bonds. The Bertz CT molecular complexity index is 247. The first kappa shape index (κ1) is 14.2. The van der Waals surface area contributed by atoms with Crippen LogP contribution in [0.1, 0.15) is 53.4 Å². The first-order valence-electron chi connectivity index (χ1n) is 5.80. The summed E-state index contributed by atoms with van der Waals surface area (Å²) in [6.07, 6.45) is 11.3. The molecule has 0 saturated carbocycles. The molecule has 15 heavy (non-hydrogen) atoms. The first-order chi connectivity index (χ1) is 7.06. The SMILES string of the molecule is [CH2]C=C(C)CC/C=C(\C)CCC=C(C)C. The molecule has 0 heteroatoms. The summed E-state index contributed by atoms with van der Waals surface area (Å²) in [4.78, 5) is 0. The molecule has 0 aromatic rings. The Morgan fingerprint density at radius 2 is 1.40 bits per heavy atom. The summed E-state index contributed by atoms with van der Waals surface area (Å²) in [5.41, 5.74) is 4.30. The van der Waals surface area contributed by atoms with Crippen LogP contribution in [0.5, 0.6) is 0 Å². The van der Waals surface area contributed by atoms with Crippen molar-refractivity contribution in [3.63, 3.8) is 0 Å². The Morgan fingerprint density at radius 1 is 0.867 bits per heavy atom. The molecule has 0 aromatic heterocycles. The maximum absolute atomic E-state index is 3.76. The van der Waals surface area contributed by atoms with Crippen LogP contribution in [0.3, 0.4) is 0 Å². The van der Waals surface area contributed by atoms with Crippen LogP contribution in [0.4, 0.5) is 0 Å². The van der Waals surface area contributed by atoms with Crippen molar-refractivity contribution < 1.29 is 0 Å². The second-order valence-corrected chi connectivity index (χ2v) is 4.46. The monoisotopic (exact) mass is 205 g/mol. The van der Waals surface area contributed by atoms with Gasteiger partial charge in [-0.3, -0.25) is 0 Å². The van der Waals surface area contributed by atoms with Crippen LogP contribution in [0, 0.1) is 6.92 Å². The van der Waals surface area contributed by atoms with Gasteiger partial charge in [0, 0.05) is 0 Å². The first-order valence-corrected chi connectivity index (χ1v) is 5.80. The van der Waals surface area contributed by atoms with Crippen molar-refractivity contribution in [1.29, 1.82) is 0 Å². The zero-order valence-corrected chi connectivity index (χ0v) is 10.8. The molecule has 0 N–H and O–H groups in total. The lowest BCUT2D eigenvalue weighted by atomic mass is 10.1. The van der Waals surface area contributed by atoms with Crippen LogP contribution in [-0.2, 0) is 0 Å². The molecule has 0 atom stereocenters. The third kappa shape index (κ3) is 9.52. The molecule has 0 heterocycles. The number of allylic oxidation sites excluding steroid dienone is 6. The molecule has 0 saturated heterocycles. The van der Waals surface area contributed by atoms with E-state index in [4.69, 9.17) is 0 Å². The molecule has 0 spiro atoms. The molecular formula is C15H25. The average molecular weight is 205 g/mol. The summed E-state index contributed by atoms with van der Waals surface area (Å²) < 4.78 is 0. The van der Waals surface area contributed by atoms with Gasteiger partial charge in [-0.05, 0) is 60.3 Å². The molecule has 0 aliphatic heterocycles. The minimum absolute atomic E-state index is 1.14. The Balaban J connectivity index is 3.75. The van der Waals surface area contributed by atoms with E-state index < -0.39 is 0 Å². The van der Waals surface area contributed by atoms with E-state index >= 15 is 0 Å². The van der Waals surface area contributed by atoms with Crippen molar-refractivity contribution in [2.45, 2.75) is 53.4 Å². The summed E-state index contributed by atoms with van der Waals surface area (Å²) in [5.74, 6) is 0. The predicted molar refractivity (Wildman–Crippen MR) is 70.8 cm³/mol. The highest BCUT2D eigenvalue weighted by Gasteiger charge is 1.90. The number of rotatable bonds is 6. The van der Waals surface area contributed by atoms with E-state index in [1.54, 1.807) is 0 Å². The van der Waals surface area contributed by atoms with E-state index in [9.17, 15) is 0 Å². The standard InChI is InChI=1S/C15H25/c1-6-14(4)10-8-12-15(5)11-7-9-13(2)3/h6,9,12H,1,7-8,10-11H2,2-5H3/b14-6?,15-12+. The summed E-state index contributed by atoms with van der Waals surface area (Å²) in [6.45, 7) is 12.4. The minimum atomic E-state index is 1.14. The van der Waals surface area contributed by atoms with Crippen LogP contribution in [0.25, 0.3) is 0 Å². The molecule has 1 radical (unpaired) electrons. The summed E-state index contributed by atoms with van der Waals surface area (Å²) in [5, 5.41) is 0. The number of hydrogen-bond acceptors (Lipinski definition) is 0. The van der Waals surface area contributed by atoms with Gasteiger partial charge in [0.1, 0.15) is 0 Å². The van der Waals surface area contributed by atoms with Crippen molar-refractivity contribution in [1.82, 2.24) is 0 Å². The second kappa shape index (κ2) is 8.52. The van der Waals surface area contributed by atoms with Crippen LogP contribution in [-0.4, -0.2) is 0 Å². The molecule has 85 valence electrons. The predicted octanol–water partition coefficient (Wildman–Crippen LogP) is 5.24. The van der Waals surface area contributed by atoms with Gasteiger partial charge in [-0.25, -0.2) is 0 Å². The van der Waals surface area contributed by atoms with Crippen LogP contribution in [0.15, 0.2) is 34.9 Å². The van der Waals surface area contributed by atoms with Crippen molar-refractivity contribution >= 4 is 0 Å². The van der Waals surface area contributed by atoms with Crippen molar-refractivity contribution in [2.24, 2.45) is 0 Å². The highest BCUT2D eigenvalue weighted by Crippen LogP contribution is 2.10. The third-order valence-corrected chi connectivity index (χ3v) is 2.47. The van der Waals surface area contributed by atoms with Crippen LogP contribution in [0.2, 0.25) is 0 Å². The molecule has 0 rings (SSSR count). The van der Waals surface area contributed by atoms with Gasteiger partial charge in [-0.1, -0.05) is 34.9 Å². The Labute approximate surface area is 95.8 Å². The lowest BCUT2D eigenvalue weighted by Gasteiger charge is -2.00. The zero-order chi connectivity index (χ0) is 11.7. The van der Waals surface area contributed by atoms with Crippen LogP contribution < -0.4 is 0 Å². The average Bonchev–Trinajstić information content (AvgIpc) is 2.17. The molecule has 0 nitrogen and oxygen atoms in total. The Kier molecular flexibility index (Phi) is 8.08. The maximum atomic E-state index is 3.76. The molecule has 0 unspecified atom stereocenters. The van der Waals surface area contributed by atoms with Gasteiger partial charge in [-0.15, -0.1) is 0 Å². The van der Waals surface area contributed by atoms with E-state index in [2.05, 4.69) is 46.8 Å². The smallest absolute Gasteiger partial charge is 0.0288 e. The fraction of sp³-hybridized carbons (Fsp3) is 0.533. The fourth-order valence-corrected chi connectivity index (χ4v) is 1.34. The van der Waals surface area contributed by atoms with Crippen molar-refractivity contribution in [3.05, 3.63) is 41.9 Å². The summed E-state index contributed by atoms with van der Waals surface area (Å²) in [6, 6.07) is 0.